The van der Waals surface area contributed by atoms with Gasteiger partial charge in [-0.15, -0.1) is 0 Å². The van der Waals surface area contributed by atoms with Crippen LogP contribution in [0.5, 0.6) is 11.5 Å². The van der Waals surface area contributed by atoms with E-state index in [4.69, 9.17) is 9.47 Å². The van der Waals surface area contributed by atoms with Gasteiger partial charge in [0, 0.05) is 12.0 Å². The zero-order chi connectivity index (χ0) is 14.9. The summed E-state index contributed by atoms with van der Waals surface area (Å²) in [6, 6.07) is 5.84. The molecule has 1 aromatic heterocycles. The van der Waals surface area contributed by atoms with Crippen molar-refractivity contribution in [3.05, 3.63) is 35.7 Å². The van der Waals surface area contributed by atoms with Crippen molar-refractivity contribution in [3.8, 4) is 11.5 Å². The third kappa shape index (κ3) is 2.82. The molecule has 2 aromatic rings. The van der Waals surface area contributed by atoms with Gasteiger partial charge in [0.1, 0.15) is 0 Å². The number of benzene rings is 1. The maximum absolute atomic E-state index is 11.9. The molecule has 0 aliphatic carbocycles. The second-order valence-corrected chi connectivity index (χ2v) is 5.98. The highest BCUT2D eigenvalue weighted by atomic mass is 32.1. The fourth-order valence-corrected chi connectivity index (χ4v) is 2.49. The van der Waals surface area contributed by atoms with E-state index in [0.29, 0.717) is 12.2 Å². The van der Waals surface area contributed by atoms with Gasteiger partial charge in [-0.2, -0.15) is 8.75 Å². The number of nitrogens with one attached hydrogen (secondary N) is 1. The molecular formula is C14H15N3O3S. The molecule has 1 N–H and O–H groups in total. The smallest absolute Gasteiger partial charge is 0.272 e. The van der Waals surface area contributed by atoms with Gasteiger partial charge in [0.15, 0.2) is 17.2 Å². The van der Waals surface area contributed by atoms with Crippen molar-refractivity contribution in [2.45, 2.75) is 19.3 Å². The van der Waals surface area contributed by atoms with E-state index in [1.807, 2.05) is 18.2 Å². The molecule has 0 bridgehead atoms. The summed E-state index contributed by atoms with van der Waals surface area (Å²) in [6.45, 7) is 4.87. The van der Waals surface area contributed by atoms with Gasteiger partial charge in [0.2, 0.25) is 6.79 Å². The summed E-state index contributed by atoms with van der Waals surface area (Å²) in [7, 11) is 0. The molecule has 110 valence electrons. The lowest BCUT2D eigenvalue weighted by atomic mass is 9.84. The minimum absolute atomic E-state index is 0.211. The summed E-state index contributed by atoms with van der Waals surface area (Å²) < 4.78 is 18.4. The van der Waals surface area contributed by atoms with Gasteiger partial charge in [-0.25, -0.2) is 0 Å². The Bertz CT molecular complexity index is 655. The highest BCUT2D eigenvalue weighted by molar-refractivity contribution is 6.99. The number of hydrogen-bond acceptors (Lipinski definition) is 6. The van der Waals surface area contributed by atoms with Gasteiger partial charge >= 0.3 is 0 Å². The van der Waals surface area contributed by atoms with Crippen molar-refractivity contribution < 1.29 is 14.3 Å². The number of hydrogen-bond donors (Lipinski definition) is 1. The highest BCUT2D eigenvalue weighted by Gasteiger charge is 2.25. The molecule has 6 nitrogen and oxygen atoms in total. The Morgan fingerprint density at radius 2 is 2.19 bits per heavy atom. The van der Waals surface area contributed by atoms with Crippen molar-refractivity contribution in [1.29, 1.82) is 0 Å². The summed E-state index contributed by atoms with van der Waals surface area (Å²) >= 11 is 1.02. The molecule has 0 unspecified atom stereocenters. The van der Waals surface area contributed by atoms with Crippen molar-refractivity contribution in [3.63, 3.8) is 0 Å². The monoisotopic (exact) mass is 305 g/mol. The lowest BCUT2D eigenvalue weighted by Gasteiger charge is -2.25. The predicted molar refractivity (Wildman–Crippen MR) is 77.8 cm³/mol. The highest BCUT2D eigenvalue weighted by Crippen LogP contribution is 2.36. The van der Waals surface area contributed by atoms with Crippen LogP contribution in [0.4, 0.5) is 0 Å². The molecule has 7 heteroatoms. The standard InChI is InChI=1S/C14H15N3O3S/c1-14(2,7-15-13(18)10-6-16-21-17-10)9-3-4-11-12(5-9)20-8-19-11/h3-6H,7-8H2,1-2H3,(H,15,18). The first-order valence-electron chi connectivity index (χ1n) is 6.52. The molecule has 0 saturated carbocycles. The first kappa shape index (κ1) is 13.8. The number of carbonyl (C=O) groups is 1. The van der Waals surface area contributed by atoms with Crippen LogP contribution >= 0.6 is 11.7 Å². The van der Waals surface area contributed by atoms with E-state index in [1.165, 1.54) is 6.20 Å². The number of carbonyl (C=O) groups excluding carboxylic acids is 1. The lowest BCUT2D eigenvalue weighted by Crippen LogP contribution is -2.36. The number of aromatic nitrogens is 2. The summed E-state index contributed by atoms with van der Waals surface area (Å²) in [5.41, 5.74) is 1.19. The average Bonchev–Trinajstić information content (AvgIpc) is 3.14. The molecule has 0 spiro atoms. The van der Waals surface area contributed by atoms with E-state index >= 15 is 0 Å². The largest absolute Gasteiger partial charge is 0.454 e. The first-order chi connectivity index (χ1) is 10.1. The maximum Gasteiger partial charge on any atom is 0.272 e. The molecule has 0 fully saturated rings. The van der Waals surface area contributed by atoms with Gasteiger partial charge in [0.05, 0.1) is 17.9 Å². The van der Waals surface area contributed by atoms with Gasteiger partial charge in [-0.3, -0.25) is 4.79 Å². The van der Waals surface area contributed by atoms with Crippen LogP contribution in [0, 0.1) is 0 Å². The Morgan fingerprint density at radius 1 is 1.38 bits per heavy atom. The van der Waals surface area contributed by atoms with E-state index < -0.39 is 0 Å². The average molecular weight is 305 g/mol. The van der Waals surface area contributed by atoms with Crippen LogP contribution in [0.2, 0.25) is 0 Å². The molecule has 1 aliphatic rings. The molecule has 21 heavy (non-hydrogen) atoms. The number of ether oxygens (including phenoxy) is 2. The molecule has 1 aromatic carbocycles. The Hall–Kier alpha value is -2.15. The molecule has 0 saturated heterocycles. The molecule has 0 atom stereocenters. The molecule has 0 radical (unpaired) electrons. The predicted octanol–water partition coefficient (Wildman–Crippen LogP) is 1.97. The van der Waals surface area contributed by atoms with Crippen molar-refractivity contribution in [2.24, 2.45) is 0 Å². The van der Waals surface area contributed by atoms with E-state index in [9.17, 15) is 4.79 Å². The fourth-order valence-electron chi connectivity index (χ4n) is 2.08. The van der Waals surface area contributed by atoms with Gasteiger partial charge in [-0.1, -0.05) is 19.9 Å². The van der Waals surface area contributed by atoms with Crippen LogP contribution in [0.25, 0.3) is 0 Å². The Labute approximate surface area is 126 Å². The van der Waals surface area contributed by atoms with Crippen molar-refractivity contribution in [2.75, 3.05) is 13.3 Å². The van der Waals surface area contributed by atoms with Gasteiger partial charge in [-0.05, 0) is 17.7 Å². The first-order valence-corrected chi connectivity index (χ1v) is 7.25. The molecule has 1 aliphatic heterocycles. The number of amides is 1. The van der Waals surface area contributed by atoms with Crippen LogP contribution < -0.4 is 14.8 Å². The van der Waals surface area contributed by atoms with E-state index in [0.717, 1.165) is 28.8 Å². The normalized spacial score (nSPS) is 13.2. The number of nitrogens with zero attached hydrogens (tertiary/aromatic N) is 2. The SMILES string of the molecule is CC(C)(CNC(=O)c1cnsn1)c1ccc2c(c1)OCO2. The zero-order valence-electron chi connectivity index (χ0n) is 11.8. The van der Waals surface area contributed by atoms with E-state index in [-0.39, 0.29) is 18.1 Å². The number of rotatable bonds is 4. The van der Waals surface area contributed by atoms with Crippen LogP contribution in [0.15, 0.2) is 24.4 Å². The topological polar surface area (TPSA) is 73.3 Å². The lowest BCUT2D eigenvalue weighted by molar-refractivity contribution is 0.0941. The summed E-state index contributed by atoms with van der Waals surface area (Å²) in [6.07, 6.45) is 1.47. The summed E-state index contributed by atoms with van der Waals surface area (Å²) in [5, 5.41) is 2.88. The second-order valence-electron chi connectivity index (χ2n) is 5.43. The van der Waals surface area contributed by atoms with Crippen LogP contribution in [0.1, 0.15) is 29.9 Å². The quantitative estimate of drug-likeness (QED) is 0.935. The van der Waals surface area contributed by atoms with E-state index in [1.54, 1.807) is 0 Å². The third-order valence-corrected chi connectivity index (χ3v) is 3.92. The Balaban J connectivity index is 1.70. The molecule has 3 rings (SSSR count). The third-order valence-electron chi connectivity index (χ3n) is 3.44. The van der Waals surface area contributed by atoms with Gasteiger partial charge in [0.25, 0.3) is 5.91 Å². The van der Waals surface area contributed by atoms with Crippen molar-refractivity contribution in [1.82, 2.24) is 14.1 Å². The number of fused-ring (bicyclic) bond motifs is 1. The maximum atomic E-state index is 11.9. The molecule has 1 amide bonds. The summed E-state index contributed by atoms with van der Waals surface area (Å²) in [4.78, 5) is 11.9. The van der Waals surface area contributed by atoms with Crippen LogP contribution in [0.3, 0.4) is 0 Å². The van der Waals surface area contributed by atoms with Gasteiger partial charge < -0.3 is 14.8 Å². The minimum Gasteiger partial charge on any atom is -0.454 e. The zero-order valence-corrected chi connectivity index (χ0v) is 12.6. The molecular weight excluding hydrogens is 290 g/mol. The Kier molecular flexibility index (Phi) is 3.50. The van der Waals surface area contributed by atoms with Crippen LogP contribution in [-0.4, -0.2) is 28.0 Å². The van der Waals surface area contributed by atoms with E-state index in [2.05, 4.69) is 27.9 Å². The van der Waals surface area contributed by atoms with Crippen molar-refractivity contribution >= 4 is 17.6 Å². The minimum atomic E-state index is -0.236. The molecule has 2 heterocycles. The van der Waals surface area contributed by atoms with Crippen LogP contribution in [-0.2, 0) is 5.41 Å². The fraction of sp³-hybridized carbons (Fsp3) is 0.357. The Morgan fingerprint density at radius 3 is 2.95 bits per heavy atom. The summed E-state index contributed by atoms with van der Waals surface area (Å²) in [5.74, 6) is 1.29. The second kappa shape index (κ2) is 5.33.